The van der Waals surface area contributed by atoms with E-state index in [0.29, 0.717) is 35.9 Å². The number of aromatic nitrogens is 1. The number of anilines is 3. The molecule has 0 aliphatic carbocycles. The summed E-state index contributed by atoms with van der Waals surface area (Å²) in [5, 5.41) is 11.3. The summed E-state index contributed by atoms with van der Waals surface area (Å²) in [4.78, 5) is 21.1. The zero-order valence-corrected chi connectivity index (χ0v) is 18.6. The van der Waals surface area contributed by atoms with E-state index in [1.807, 2.05) is 18.2 Å². The summed E-state index contributed by atoms with van der Waals surface area (Å²) in [5.41, 5.74) is 3.29. The Labute approximate surface area is 192 Å². The Hall–Kier alpha value is -3.42. The molecule has 32 heavy (non-hydrogen) atoms. The predicted molar refractivity (Wildman–Crippen MR) is 127 cm³/mol. The van der Waals surface area contributed by atoms with Crippen LogP contribution in [-0.4, -0.2) is 38.4 Å². The Morgan fingerprint density at radius 1 is 1.19 bits per heavy atom. The first kappa shape index (κ1) is 20.5. The zero-order valence-electron chi connectivity index (χ0n) is 16.9. The summed E-state index contributed by atoms with van der Waals surface area (Å²) in [6, 6.07) is 13.9. The topological polar surface area (TPSA) is 106 Å². The summed E-state index contributed by atoms with van der Waals surface area (Å²) in [6.45, 7) is 1.26. The van der Waals surface area contributed by atoms with E-state index in [-0.39, 0.29) is 19.7 Å². The molecule has 1 atom stereocenters. The molecule has 1 aromatic heterocycles. The van der Waals surface area contributed by atoms with Crippen LogP contribution >= 0.6 is 11.3 Å². The van der Waals surface area contributed by atoms with Gasteiger partial charge in [0.1, 0.15) is 6.04 Å². The number of carbonyl (C=O) groups excluding carboxylic acids is 1. The summed E-state index contributed by atoms with van der Waals surface area (Å²) < 4.78 is 27.5. The molecule has 0 bridgehead atoms. The first-order chi connectivity index (χ1) is 15.5. The van der Waals surface area contributed by atoms with E-state index in [0.717, 1.165) is 17.7 Å². The van der Waals surface area contributed by atoms with Crippen molar-refractivity contribution < 1.29 is 16.1 Å². The fourth-order valence-corrected chi connectivity index (χ4v) is 6.14. The number of thiazole rings is 1. The van der Waals surface area contributed by atoms with Gasteiger partial charge in [-0.1, -0.05) is 6.07 Å². The molecular formula is C22H23N5O3S2. The van der Waals surface area contributed by atoms with Gasteiger partial charge in [-0.15, -0.1) is 11.3 Å². The highest BCUT2D eigenvalue weighted by atomic mass is 32.2. The molecule has 1 saturated heterocycles. The first-order valence-electron chi connectivity index (χ1n) is 10.1. The minimum Gasteiger partial charge on any atom is -0.359 e. The second-order valence-electron chi connectivity index (χ2n) is 7.59. The molecule has 1 fully saturated rings. The Bertz CT molecular complexity index is 1330. The quantitative estimate of drug-likeness (QED) is 0.613. The van der Waals surface area contributed by atoms with Gasteiger partial charge in [0.2, 0.25) is 5.91 Å². The van der Waals surface area contributed by atoms with E-state index in [9.17, 15) is 18.5 Å². The van der Waals surface area contributed by atoms with Crippen molar-refractivity contribution >= 4 is 43.8 Å². The molecule has 3 aromatic rings. The molecule has 8 nitrogen and oxygen atoms in total. The number of nitrogens with one attached hydrogen (secondary N) is 1. The van der Waals surface area contributed by atoms with Crippen molar-refractivity contribution in [1.29, 1.82) is 5.26 Å². The lowest BCUT2D eigenvalue weighted by Crippen LogP contribution is -2.41. The number of amides is 1. The van der Waals surface area contributed by atoms with Crippen LogP contribution in [0.4, 0.5) is 16.5 Å². The average Bonchev–Trinajstić information content (AvgIpc) is 3.53. The lowest BCUT2D eigenvalue weighted by Gasteiger charge is -2.26. The number of fused-ring (bicyclic) bond motifs is 1. The van der Waals surface area contributed by atoms with Gasteiger partial charge in [-0.2, -0.15) is 5.26 Å². The molecule has 2 aromatic carbocycles. The van der Waals surface area contributed by atoms with Crippen molar-refractivity contribution in [1.82, 2.24) is 4.98 Å². The molecule has 166 valence electrons. The molecule has 0 radical (unpaired) electrons. The van der Waals surface area contributed by atoms with Gasteiger partial charge >= 0.3 is 0 Å². The number of rotatable bonds is 5. The lowest BCUT2D eigenvalue weighted by molar-refractivity contribution is -0.118. The van der Waals surface area contributed by atoms with Crippen molar-refractivity contribution in [2.75, 3.05) is 27.6 Å². The molecule has 1 amide bonds. The van der Waals surface area contributed by atoms with Crippen LogP contribution in [0.2, 0.25) is 0 Å². The van der Waals surface area contributed by atoms with E-state index in [2.05, 4.69) is 20.7 Å². The molecule has 1 N–H and O–H groups in total. The van der Waals surface area contributed by atoms with Crippen molar-refractivity contribution in [2.45, 2.75) is 23.8 Å². The highest BCUT2D eigenvalue weighted by Gasteiger charge is 2.39. The molecule has 3 heterocycles. The van der Waals surface area contributed by atoms with Gasteiger partial charge in [0.05, 0.1) is 16.5 Å². The highest BCUT2D eigenvalue weighted by molar-refractivity contribution is 7.93. The molecular weight excluding hydrogens is 446 g/mol. The maximum absolute atomic E-state index is 13.2. The zero-order chi connectivity index (χ0) is 22.3. The number of sulfonamides is 1. The summed E-state index contributed by atoms with van der Waals surface area (Å²) in [5.74, 6) is -0.0169. The van der Waals surface area contributed by atoms with Gasteiger partial charge in [-0.3, -0.25) is 9.52 Å². The molecule has 5 rings (SSSR count). The minimum atomic E-state index is -3.74. The van der Waals surface area contributed by atoms with E-state index < -0.39 is 10.0 Å². The standard InChI is InChI=1S/C22H19N5O3S2.2H2/c23-14-15-2-1-3-19-18(15)8-11-27(19)20-9-12-26(21(20)28)16-4-6-17(7-5-16)32(29,30)25-22-24-10-13-31-22;;/h1-7,10,13,20H,8-9,11-12H2,(H,24,25);2*1H/t20-;;/m1../s1. The van der Waals surface area contributed by atoms with Gasteiger partial charge < -0.3 is 9.80 Å². The van der Waals surface area contributed by atoms with E-state index in [1.165, 1.54) is 29.7 Å². The number of nitrogens with zero attached hydrogens (tertiary/aromatic N) is 4. The monoisotopic (exact) mass is 469 g/mol. The van der Waals surface area contributed by atoms with E-state index in [4.69, 9.17) is 0 Å². The van der Waals surface area contributed by atoms with Gasteiger partial charge in [0.25, 0.3) is 10.0 Å². The largest absolute Gasteiger partial charge is 0.359 e. The van der Waals surface area contributed by atoms with Crippen LogP contribution in [0.3, 0.4) is 0 Å². The maximum Gasteiger partial charge on any atom is 0.263 e. The number of hydrogen-bond acceptors (Lipinski definition) is 7. The van der Waals surface area contributed by atoms with Crippen molar-refractivity contribution in [2.24, 2.45) is 0 Å². The number of nitriles is 1. The van der Waals surface area contributed by atoms with Crippen molar-refractivity contribution in [3.05, 3.63) is 65.2 Å². The van der Waals surface area contributed by atoms with Gasteiger partial charge in [0.15, 0.2) is 5.13 Å². The molecule has 0 saturated carbocycles. The summed E-state index contributed by atoms with van der Waals surface area (Å²) in [6.07, 6.45) is 2.95. The van der Waals surface area contributed by atoms with Crippen molar-refractivity contribution in [3.63, 3.8) is 0 Å². The van der Waals surface area contributed by atoms with Crippen LogP contribution in [0.15, 0.2) is 58.9 Å². The van der Waals surface area contributed by atoms with Crippen LogP contribution in [0.5, 0.6) is 0 Å². The van der Waals surface area contributed by atoms with Crippen LogP contribution in [0, 0.1) is 11.3 Å². The van der Waals surface area contributed by atoms with Crippen LogP contribution in [0.1, 0.15) is 20.4 Å². The maximum atomic E-state index is 13.2. The number of hydrogen-bond donors (Lipinski definition) is 1. The van der Waals surface area contributed by atoms with E-state index in [1.54, 1.807) is 22.4 Å². The Kier molecular flexibility index (Phi) is 5.07. The number of carbonyl (C=O) groups is 1. The third-order valence-corrected chi connectivity index (χ3v) is 8.02. The Morgan fingerprint density at radius 2 is 2.00 bits per heavy atom. The minimum absolute atomic E-state index is 0. The van der Waals surface area contributed by atoms with Gasteiger partial charge in [-0.25, -0.2) is 13.4 Å². The van der Waals surface area contributed by atoms with E-state index >= 15 is 0 Å². The van der Waals surface area contributed by atoms with Gasteiger partial charge in [0, 0.05) is 38.9 Å². The summed E-state index contributed by atoms with van der Waals surface area (Å²) >= 11 is 1.20. The molecule has 0 spiro atoms. The Balaban J connectivity index is 0.00000162. The third kappa shape index (κ3) is 3.49. The molecule has 2 aliphatic heterocycles. The number of benzene rings is 2. The normalized spacial score (nSPS) is 18.0. The smallest absolute Gasteiger partial charge is 0.263 e. The second kappa shape index (κ2) is 7.93. The van der Waals surface area contributed by atoms with Crippen molar-refractivity contribution in [3.8, 4) is 6.07 Å². The Morgan fingerprint density at radius 3 is 2.72 bits per heavy atom. The van der Waals surface area contributed by atoms with Crippen LogP contribution < -0.4 is 14.5 Å². The second-order valence-corrected chi connectivity index (χ2v) is 10.2. The van der Waals surface area contributed by atoms with Crippen LogP contribution in [-0.2, 0) is 21.2 Å². The predicted octanol–water partition coefficient (Wildman–Crippen LogP) is 3.48. The lowest BCUT2D eigenvalue weighted by atomic mass is 10.1. The molecule has 0 unspecified atom stereocenters. The van der Waals surface area contributed by atoms with Crippen LogP contribution in [0.25, 0.3) is 0 Å². The average molecular weight is 470 g/mol. The molecule has 2 aliphatic rings. The van der Waals surface area contributed by atoms with Gasteiger partial charge in [-0.05, 0) is 54.8 Å². The third-order valence-electron chi connectivity index (χ3n) is 5.85. The summed E-state index contributed by atoms with van der Waals surface area (Å²) in [7, 11) is -3.74. The highest BCUT2D eigenvalue weighted by Crippen LogP contribution is 2.35. The fourth-order valence-electron chi connectivity index (χ4n) is 4.35. The first-order valence-corrected chi connectivity index (χ1v) is 12.5. The molecule has 10 heteroatoms. The SMILES string of the molecule is N#Cc1cccc2c1CCN2[C@@H]1CCN(c2ccc(S(=O)(=O)Nc3nccs3)cc2)C1=O.[HH].[HH]. The fraction of sp³-hybridized carbons (Fsp3) is 0.227.